The molecule has 2 unspecified atom stereocenters. The lowest BCUT2D eigenvalue weighted by Gasteiger charge is -2.35. The number of hydrazine groups is 1. The van der Waals surface area contributed by atoms with Gasteiger partial charge in [-0.05, 0) is 39.0 Å². The van der Waals surface area contributed by atoms with E-state index in [0.29, 0.717) is 18.6 Å². The molecule has 3 aliphatic rings. The van der Waals surface area contributed by atoms with Crippen molar-refractivity contribution >= 4 is 11.9 Å². The molecule has 24 heavy (non-hydrogen) atoms. The molecular weight excluding hydrogens is 310 g/mol. The second kappa shape index (κ2) is 8.06. The fourth-order valence-electron chi connectivity index (χ4n) is 3.49. The van der Waals surface area contributed by atoms with Crippen LogP contribution in [0.2, 0.25) is 0 Å². The zero-order chi connectivity index (χ0) is 16.9. The number of carbonyl (C=O) groups excluding carboxylic acids is 2. The molecule has 0 saturated carbocycles. The molecule has 0 aromatic rings. The summed E-state index contributed by atoms with van der Waals surface area (Å²) in [6, 6.07) is -0.284. The highest BCUT2D eigenvalue weighted by Gasteiger charge is 2.31. The number of ether oxygens (including phenoxy) is 1. The summed E-state index contributed by atoms with van der Waals surface area (Å²) in [7, 11) is 0. The van der Waals surface area contributed by atoms with Crippen LogP contribution in [-0.2, 0) is 14.3 Å². The summed E-state index contributed by atoms with van der Waals surface area (Å²) in [6.07, 6.45) is 4.21. The van der Waals surface area contributed by atoms with Gasteiger partial charge in [0.25, 0.3) is 0 Å². The molecule has 8 nitrogen and oxygen atoms in total. The van der Waals surface area contributed by atoms with Crippen molar-refractivity contribution in [3.8, 4) is 0 Å². The molecule has 0 spiro atoms. The molecular formula is C16H27N5O3. The van der Waals surface area contributed by atoms with Gasteiger partial charge in [0, 0.05) is 25.5 Å². The van der Waals surface area contributed by atoms with Crippen molar-refractivity contribution in [1.29, 1.82) is 0 Å². The lowest BCUT2D eigenvalue weighted by molar-refractivity contribution is -0.138. The highest BCUT2D eigenvalue weighted by Crippen LogP contribution is 2.25. The molecule has 2 heterocycles. The number of carbonyl (C=O) groups is 2. The van der Waals surface area contributed by atoms with Crippen LogP contribution in [-0.4, -0.2) is 55.3 Å². The van der Waals surface area contributed by atoms with Crippen LogP contribution in [0.25, 0.3) is 0 Å². The molecule has 2 atom stereocenters. The summed E-state index contributed by atoms with van der Waals surface area (Å²) in [5.74, 6) is -0.388. The standard InChI is InChI=1S/C16H27N5O3/c1-2-24-16(23)11-4-3-5-12(11)18-15(22)13-6-7-14(20-19-13)21-9-8-17-10-21/h13-14,17,19-20H,2-10H2,1H3,(H,18,22). The molecule has 1 aliphatic carbocycles. The van der Waals surface area contributed by atoms with Crippen LogP contribution in [0.5, 0.6) is 0 Å². The lowest BCUT2D eigenvalue weighted by Crippen LogP contribution is -2.61. The minimum Gasteiger partial charge on any atom is -0.463 e. The van der Waals surface area contributed by atoms with Gasteiger partial charge in [0.1, 0.15) is 6.04 Å². The summed E-state index contributed by atoms with van der Waals surface area (Å²) in [6.45, 7) is 5.05. The fourth-order valence-corrected chi connectivity index (χ4v) is 3.49. The first kappa shape index (κ1) is 17.3. The molecule has 3 rings (SSSR count). The zero-order valence-electron chi connectivity index (χ0n) is 14.2. The third-order valence-electron chi connectivity index (χ3n) is 4.81. The number of allylic oxidation sites excluding steroid dienone is 1. The highest BCUT2D eigenvalue weighted by atomic mass is 16.5. The number of amides is 1. The van der Waals surface area contributed by atoms with Gasteiger partial charge in [-0.25, -0.2) is 15.6 Å². The largest absolute Gasteiger partial charge is 0.463 e. The number of nitrogens with zero attached hydrogens (tertiary/aromatic N) is 1. The Morgan fingerprint density at radius 1 is 1.29 bits per heavy atom. The third-order valence-corrected chi connectivity index (χ3v) is 4.81. The van der Waals surface area contributed by atoms with E-state index < -0.39 is 0 Å². The predicted molar refractivity (Wildman–Crippen MR) is 88.3 cm³/mol. The van der Waals surface area contributed by atoms with Crippen LogP contribution in [0.1, 0.15) is 39.0 Å². The molecule has 2 saturated heterocycles. The van der Waals surface area contributed by atoms with Crippen molar-refractivity contribution in [3.63, 3.8) is 0 Å². The Kier molecular flexibility index (Phi) is 5.83. The van der Waals surface area contributed by atoms with E-state index >= 15 is 0 Å². The second-order valence-corrected chi connectivity index (χ2v) is 6.43. The van der Waals surface area contributed by atoms with Crippen LogP contribution in [0.3, 0.4) is 0 Å². The van der Waals surface area contributed by atoms with E-state index in [1.165, 1.54) is 0 Å². The van der Waals surface area contributed by atoms with Crippen LogP contribution in [0.4, 0.5) is 0 Å². The molecule has 0 radical (unpaired) electrons. The molecule has 0 bridgehead atoms. The van der Waals surface area contributed by atoms with Crippen LogP contribution in [0.15, 0.2) is 11.3 Å². The number of hydrogen-bond acceptors (Lipinski definition) is 7. The van der Waals surface area contributed by atoms with Gasteiger partial charge in [-0.3, -0.25) is 9.69 Å². The van der Waals surface area contributed by atoms with Gasteiger partial charge in [0.15, 0.2) is 0 Å². The van der Waals surface area contributed by atoms with Gasteiger partial charge in [-0.2, -0.15) is 0 Å². The zero-order valence-corrected chi connectivity index (χ0v) is 14.2. The van der Waals surface area contributed by atoms with Crippen molar-refractivity contribution in [2.24, 2.45) is 0 Å². The van der Waals surface area contributed by atoms with Crippen LogP contribution in [0, 0.1) is 0 Å². The molecule has 2 aliphatic heterocycles. The molecule has 2 fully saturated rings. The van der Waals surface area contributed by atoms with Gasteiger partial charge in [-0.15, -0.1) is 0 Å². The molecule has 0 aromatic carbocycles. The SMILES string of the molecule is CCOC(=O)C1=C(NC(=O)C2CCC(N3CCNC3)NN2)CCC1. The maximum atomic E-state index is 12.5. The predicted octanol–water partition coefficient (Wildman–Crippen LogP) is -0.451. The quantitative estimate of drug-likeness (QED) is 0.505. The average molecular weight is 337 g/mol. The van der Waals surface area contributed by atoms with Crippen molar-refractivity contribution in [1.82, 2.24) is 26.4 Å². The van der Waals surface area contributed by atoms with Gasteiger partial charge >= 0.3 is 5.97 Å². The van der Waals surface area contributed by atoms with Gasteiger partial charge in [-0.1, -0.05) is 0 Å². The van der Waals surface area contributed by atoms with E-state index in [2.05, 4.69) is 26.4 Å². The highest BCUT2D eigenvalue weighted by molar-refractivity contribution is 5.92. The van der Waals surface area contributed by atoms with Crippen LogP contribution < -0.4 is 21.5 Å². The number of rotatable bonds is 5. The normalized spacial score (nSPS) is 28.2. The molecule has 134 valence electrons. The fraction of sp³-hybridized carbons (Fsp3) is 0.750. The Balaban J connectivity index is 1.52. The van der Waals surface area contributed by atoms with E-state index in [-0.39, 0.29) is 24.1 Å². The summed E-state index contributed by atoms with van der Waals surface area (Å²) in [5, 5.41) is 6.24. The summed E-state index contributed by atoms with van der Waals surface area (Å²) in [5.41, 5.74) is 7.71. The minimum atomic E-state index is -0.304. The first-order valence-electron chi connectivity index (χ1n) is 8.85. The van der Waals surface area contributed by atoms with E-state index in [4.69, 9.17) is 4.74 Å². The van der Waals surface area contributed by atoms with E-state index in [1.54, 1.807) is 6.92 Å². The van der Waals surface area contributed by atoms with Crippen molar-refractivity contribution in [3.05, 3.63) is 11.3 Å². The lowest BCUT2D eigenvalue weighted by atomic mass is 10.1. The Hall–Kier alpha value is -1.48. The smallest absolute Gasteiger partial charge is 0.335 e. The van der Waals surface area contributed by atoms with Crippen molar-refractivity contribution < 1.29 is 14.3 Å². The molecule has 0 aromatic heterocycles. The second-order valence-electron chi connectivity index (χ2n) is 6.43. The maximum absolute atomic E-state index is 12.5. The van der Waals surface area contributed by atoms with Crippen molar-refractivity contribution in [2.45, 2.75) is 51.2 Å². The van der Waals surface area contributed by atoms with Crippen LogP contribution >= 0.6 is 0 Å². The Labute approximate surface area is 142 Å². The van der Waals surface area contributed by atoms with Crippen molar-refractivity contribution in [2.75, 3.05) is 26.4 Å². The average Bonchev–Trinajstić information content (AvgIpc) is 3.27. The molecule has 4 N–H and O–H groups in total. The molecule has 8 heteroatoms. The summed E-state index contributed by atoms with van der Waals surface area (Å²) in [4.78, 5) is 26.7. The Bertz CT molecular complexity index is 508. The Morgan fingerprint density at radius 2 is 2.17 bits per heavy atom. The van der Waals surface area contributed by atoms with Gasteiger partial charge in [0.05, 0.1) is 18.3 Å². The Morgan fingerprint density at radius 3 is 2.83 bits per heavy atom. The monoisotopic (exact) mass is 337 g/mol. The topological polar surface area (TPSA) is 94.7 Å². The molecule has 1 amide bonds. The first-order valence-corrected chi connectivity index (χ1v) is 8.85. The number of esters is 1. The summed E-state index contributed by atoms with van der Waals surface area (Å²) >= 11 is 0. The van der Waals surface area contributed by atoms with Gasteiger partial charge in [0.2, 0.25) is 5.91 Å². The van der Waals surface area contributed by atoms with E-state index in [1.807, 2.05) is 0 Å². The summed E-state index contributed by atoms with van der Waals surface area (Å²) < 4.78 is 5.07. The number of hydrogen-bond donors (Lipinski definition) is 4. The van der Waals surface area contributed by atoms with Gasteiger partial charge < -0.3 is 15.4 Å². The minimum absolute atomic E-state index is 0.0841. The van der Waals surface area contributed by atoms with E-state index in [0.717, 1.165) is 51.1 Å². The first-order chi connectivity index (χ1) is 11.7. The number of nitrogens with one attached hydrogen (secondary N) is 4. The van der Waals surface area contributed by atoms with E-state index in [9.17, 15) is 9.59 Å². The maximum Gasteiger partial charge on any atom is 0.335 e. The third kappa shape index (κ3) is 3.94.